The number of rotatable bonds is 4. The summed E-state index contributed by atoms with van der Waals surface area (Å²) < 4.78 is 0. The van der Waals surface area contributed by atoms with Crippen molar-refractivity contribution in [1.82, 2.24) is 10.2 Å². The van der Waals surface area contributed by atoms with E-state index in [0.29, 0.717) is 17.1 Å². The van der Waals surface area contributed by atoms with Crippen LogP contribution in [0.3, 0.4) is 0 Å². The van der Waals surface area contributed by atoms with E-state index in [1.165, 1.54) is 6.07 Å². The number of piperidine rings is 1. The van der Waals surface area contributed by atoms with Crippen molar-refractivity contribution >= 4 is 17.5 Å². The SMILES string of the molecule is CCCN(C(=O)c1ccc(Cl)cc1O)C1CCNCC1. The molecule has 2 rings (SSSR count). The highest BCUT2D eigenvalue weighted by molar-refractivity contribution is 6.30. The molecule has 1 heterocycles. The number of nitrogens with one attached hydrogen (secondary N) is 1. The van der Waals surface area contributed by atoms with E-state index >= 15 is 0 Å². The molecular weight excluding hydrogens is 276 g/mol. The summed E-state index contributed by atoms with van der Waals surface area (Å²) in [6, 6.07) is 4.91. The summed E-state index contributed by atoms with van der Waals surface area (Å²) in [6.07, 6.45) is 2.82. The van der Waals surface area contributed by atoms with Crippen molar-refractivity contribution < 1.29 is 9.90 Å². The minimum Gasteiger partial charge on any atom is -0.507 e. The van der Waals surface area contributed by atoms with Gasteiger partial charge in [0.1, 0.15) is 5.75 Å². The van der Waals surface area contributed by atoms with Crippen LogP contribution in [-0.2, 0) is 0 Å². The number of phenolic OH excluding ortho intramolecular Hbond substituents is 1. The minimum absolute atomic E-state index is 0.0439. The zero-order chi connectivity index (χ0) is 14.5. The second kappa shape index (κ2) is 6.95. The third-order valence-corrected chi connectivity index (χ3v) is 3.90. The van der Waals surface area contributed by atoms with E-state index in [-0.39, 0.29) is 17.7 Å². The Morgan fingerprint density at radius 3 is 2.75 bits per heavy atom. The van der Waals surface area contributed by atoms with Crippen molar-refractivity contribution in [3.8, 4) is 5.75 Å². The zero-order valence-electron chi connectivity index (χ0n) is 11.7. The normalized spacial score (nSPS) is 16.1. The predicted octanol–water partition coefficient (Wildman–Crippen LogP) is 2.65. The van der Waals surface area contributed by atoms with Gasteiger partial charge in [0.05, 0.1) is 5.56 Å². The number of nitrogens with zero attached hydrogens (tertiary/aromatic N) is 1. The molecule has 1 saturated heterocycles. The summed E-state index contributed by atoms with van der Waals surface area (Å²) in [4.78, 5) is 14.6. The van der Waals surface area contributed by atoms with Crippen LogP contribution in [0.2, 0.25) is 5.02 Å². The van der Waals surface area contributed by atoms with E-state index in [2.05, 4.69) is 12.2 Å². The maximum atomic E-state index is 12.7. The first-order valence-corrected chi connectivity index (χ1v) is 7.51. The third-order valence-electron chi connectivity index (χ3n) is 3.67. The summed E-state index contributed by atoms with van der Waals surface area (Å²) in [6.45, 7) is 4.64. The lowest BCUT2D eigenvalue weighted by Crippen LogP contribution is -2.46. The lowest BCUT2D eigenvalue weighted by atomic mass is 10.0. The van der Waals surface area contributed by atoms with Crippen LogP contribution in [0.15, 0.2) is 18.2 Å². The molecule has 1 aliphatic rings. The molecule has 0 spiro atoms. The number of hydrogen-bond donors (Lipinski definition) is 2. The van der Waals surface area contributed by atoms with Crippen molar-refractivity contribution in [3.63, 3.8) is 0 Å². The number of benzene rings is 1. The maximum Gasteiger partial charge on any atom is 0.257 e. The van der Waals surface area contributed by atoms with E-state index < -0.39 is 0 Å². The largest absolute Gasteiger partial charge is 0.507 e. The summed E-state index contributed by atoms with van der Waals surface area (Å²) in [5.74, 6) is -0.148. The zero-order valence-corrected chi connectivity index (χ0v) is 12.5. The molecule has 0 radical (unpaired) electrons. The fourth-order valence-corrected chi connectivity index (χ4v) is 2.82. The van der Waals surface area contributed by atoms with Gasteiger partial charge in [-0.3, -0.25) is 4.79 Å². The van der Waals surface area contributed by atoms with Crippen LogP contribution in [0.5, 0.6) is 5.75 Å². The Hall–Kier alpha value is -1.26. The van der Waals surface area contributed by atoms with Gasteiger partial charge in [0, 0.05) is 17.6 Å². The molecule has 1 aromatic rings. The molecule has 1 aliphatic heterocycles. The highest BCUT2D eigenvalue weighted by Crippen LogP contribution is 2.25. The highest BCUT2D eigenvalue weighted by Gasteiger charge is 2.26. The van der Waals surface area contributed by atoms with Gasteiger partial charge < -0.3 is 15.3 Å². The van der Waals surface area contributed by atoms with Crippen LogP contribution in [0.4, 0.5) is 0 Å². The fourth-order valence-electron chi connectivity index (χ4n) is 2.65. The molecule has 5 heteroatoms. The Morgan fingerprint density at radius 1 is 1.45 bits per heavy atom. The van der Waals surface area contributed by atoms with Crippen molar-refractivity contribution in [2.24, 2.45) is 0 Å². The monoisotopic (exact) mass is 296 g/mol. The summed E-state index contributed by atoms with van der Waals surface area (Å²) in [5.41, 5.74) is 0.335. The van der Waals surface area contributed by atoms with Crippen LogP contribution < -0.4 is 5.32 Å². The molecule has 110 valence electrons. The molecule has 0 aromatic heterocycles. The molecule has 0 unspecified atom stereocenters. The van der Waals surface area contributed by atoms with Crippen molar-refractivity contribution in [2.45, 2.75) is 32.2 Å². The number of halogens is 1. The van der Waals surface area contributed by atoms with Gasteiger partial charge in [0.15, 0.2) is 0 Å². The predicted molar refractivity (Wildman–Crippen MR) is 80.3 cm³/mol. The number of hydrogen-bond acceptors (Lipinski definition) is 3. The first-order valence-electron chi connectivity index (χ1n) is 7.13. The summed E-state index contributed by atoms with van der Waals surface area (Å²) >= 11 is 5.82. The molecule has 4 nitrogen and oxygen atoms in total. The minimum atomic E-state index is -0.104. The van der Waals surface area contributed by atoms with Gasteiger partial charge in [-0.15, -0.1) is 0 Å². The van der Waals surface area contributed by atoms with E-state index in [1.54, 1.807) is 12.1 Å². The van der Waals surface area contributed by atoms with Crippen LogP contribution in [0.1, 0.15) is 36.5 Å². The standard InChI is InChI=1S/C15H21ClN2O2/c1-2-9-18(12-5-7-17-8-6-12)15(20)13-4-3-11(16)10-14(13)19/h3-4,10,12,17,19H,2,5-9H2,1H3. The molecule has 0 saturated carbocycles. The smallest absolute Gasteiger partial charge is 0.257 e. The van der Waals surface area contributed by atoms with Gasteiger partial charge in [0.2, 0.25) is 0 Å². The first kappa shape index (κ1) is 15.1. The highest BCUT2D eigenvalue weighted by atomic mass is 35.5. The molecule has 1 amide bonds. The Labute approximate surface area is 124 Å². The lowest BCUT2D eigenvalue weighted by Gasteiger charge is -2.34. The van der Waals surface area contributed by atoms with Gasteiger partial charge in [-0.05, 0) is 50.6 Å². The summed E-state index contributed by atoms with van der Waals surface area (Å²) in [5, 5.41) is 13.7. The molecule has 1 aromatic carbocycles. The van der Waals surface area contributed by atoms with Gasteiger partial charge in [0.25, 0.3) is 5.91 Å². The van der Waals surface area contributed by atoms with Crippen LogP contribution in [0.25, 0.3) is 0 Å². The number of carbonyl (C=O) groups excluding carboxylic acids is 1. The van der Waals surface area contributed by atoms with Crippen LogP contribution in [-0.4, -0.2) is 41.6 Å². The van der Waals surface area contributed by atoms with Crippen LogP contribution >= 0.6 is 11.6 Å². The Kier molecular flexibility index (Phi) is 5.26. The van der Waals surface area contributed by atoms with E-state index in [9.17, 15) is 9.90 Å². The lowest BCUT2D eigenvalue weighted by molar-refractivity contribution is 0.0639. The second-order valence-corrected chi connectivity index (χ2v) is 5.58. The number of aromatic hydroxyl groups is 1. The number of carbonyl (C=O) groups is 1. The fraction of sp³-hybridized carbons (Fsp3) is 0.533. The average molecular weight is 297 g/mol. The van der Waals surface area contributed by atoms with E-state index in [0.717, 1.165) is 32.4 Å². The second-order valence-electron chi connectivity index (χ2n) is 5.14. The Morgan fingerprint density at radius 2 is 2.15 bits per heavy atom. The molecule has 0 bridgehead atoms. The van der Waals surface area contributed by atoms with Gasteiger partial charge >= 0.3 is 0 Å². The summed E-state index contributed by atoms with van der Waals surface area (Å²) in [7, 11) is 0. The van der Waals surface area contributed by atoms with E-state index in [1.807, 2.05) is 4.90 Å². The van der Waals surface area contributed by atoms with Gasteiger partial charge in [-0.1, -0.05) is 18.5 Å². The van der Waals surface area contributed by atoms with Crippen molar-refractivity contribution in [3.05, 3.63) is 28.8 Å². The van der Waals surface area contributed by atoms with Gasteiger partial charge in [-0.25, -0.2) is 0 Å². The average Bonchev–Trinajstić information content (AvgIpc) is 2.45. The molecular formula is C15H21ClN2O2. The Balaban J connectivity index is 2.21. The van der Waals surface area contributed by atoms with Gasteiger partial charge in [-0.2, -0.15) is 0 Å². The van der Waals surface area contributed by atoms with Crippen LogP contribution in [0, 0.1) is 0 Å². The molecule has 0 aliphatic carbocycles. The maximum absolute atomic E-state index is 12.7. The molecule has 2 N–H and O–H groups in total. The number of phenols is 1. The Bertz CT molecular complexity index is 473. The first-order chi connectivity index (χ1) is 9.63. The molecule has 20 heavy (non-hydrogen) atoms. The number of amides is 1. The van der Waals surface area contributed by atoms with Crippen molar-refractivity contribution in [2.75, 3.05) is 19.6 Å². The molecule has 0 atom stereocenters. The quantitative estimate of drug-likeness (QED) is 0.898. The third kappa shape index (κ3) is 3.44. The topological polar surface area (TPSA) is 52.6 Å². The van der Waals surface area contributed by atoms with Crippen molar-refractivity contribution in [1.29, 1.82) is 0 Å². The molecule has 1 fully saturated rings. The van der Waals surface area contributed by atoms with E-state index in [4.69, 9.17) is 11.6 Å².